The molecule has 0 bridgehead atoms. The average Bonchev–Trinajstić information content (AvgIpc) is 2.64. The van der Waals surface area contributed by atoms with Crippen molar-refractivity contribution in [3.05, 3.63) is 63.7 Å². The number of hydrogen-bond donors (Lipinski definition) is 2. The number of aliphatic hydroxyl groups is 1. The molecule has 1 unspecified atom stereocenters. The van der Waals surface area contributed by atoms with E-state index >= 15 is 0 Å². The lowest BCUT2D eigenvalue weighted by atomic mass is 10.1. The summed E-state index contributed by atoms with van der Waals surface area (Å²) >= 11 is 0. The molecule has 134 valence electrons. The lowest BCUT2D eigenvalue weighted by Gasteiger charge is -2.11. The number of ether oxygens (including phenoxy) is 2. The second-order valence-corrected chi connectivity index (χ2v) is 5.48. The molecule has 1 aromatic carbocycles. The van der Waals surface area contributed by atoms with E-state index in [0.717, 1.165) is 5.56 Å². The van der Waals surface area contributed by atoms with Crippen molar-refractivity contribution < 1.29 is 23.8 Å². The van der Waals surface area contributed by atoms with Gasteiger partial charge in [-0.15, -0.1) is 0 Å². The van der Waals surface area contributed by atoms with Crippen molar-refractivity contribution in [2.75, 3.05) is 13.7 Å². The van der Waals surface area contributed by atoms with Crippen LogP contribution in [0.4, 0.5) is 0 Å². The minimum absolute atomic E-state index is 0.115. The first-order valence-electron chi connectivity index (χ1n) is 7.83. The Morgan fingerprint density at radius 1 is 1.32 bits per heavy atom. The molecule has 3 N–H and O–H groups in total. The molecule has 0 aliphatic carbocycles. The van der Waals surface area contributed by atoms with Crippen molar-refractivity contribution >= 4 is 5.97 Å². The van der Waals surface area contributed by atoms with Crippen LogP contribution in [0.25, 0.3) is 0 Å². The van der Waals surface area contributed by atoms with Crippen molar-refractivity contribution in [3.63, 3.8) is 0 Å². The van der Waals surface area contributed by atoms with Gasteiger partial charge >= 0.3 is 5.97 Å². The van der Waals surface area contributed by atoms with Crippen LogP contribution >= 0.6 is 0 Å². The minimum Gasteiger partial charge on any atom is -0.481 e. The first-order chi connectivity index (χ1) is 12.0. The number of nitrogens with two attached hydrogens (primary N) is 1. The third kappa shape index (κ3) is 5.17. The summed E-state index contributed by atoms with van der Waals surface area (Å²) in [6, 6.07) is 10.1. The molecule has 1 aromatic heterocycles. The number of esters is 1. The number of aliphatic hydroxyl groups excluding tert-OH is 1. The van der Waals surface area contributed by atoms with E-state index in [-0.39, 0.29) is 30.5 Å². The molecule has 1 atom stereocenters. The molecular weight excluding hydrogens is 326 g/mol. The molecule has 0 fully saturated rings. The summed E-state index contributed by atoms with van der Waals surface area (Å²) < 4.78 is 15.7. The molecule has 0 amide bonds. The monoisotopic (exact) mass is 347 g/mol. The zero-order valence-electron chi connectivity index (χ0n) is 13.9. The third-order valence-electron chi connectivity index (χ3n) is 3.55. The molecule has 1 heterocycles. The van der Waals surface area contributed by atoms with Gasteiger partial charge in [0, 0.05) is 18.5 Å². The second-order valence-electron chi connectivity index (χ2n) is 5.48. The standard InChI is InChI=1S/C18H21NO6/c1-23-18(22)17-16(24-11-12-5-3-2-4-6-12)15(21)9-14(25-17)8-7-13(19)10-20/h2-6,9,13,20H,7-8,10-11,19H2,1H3. The highest BCUT2D eigenvalue weighted by Gasteiger charge is 2.22. The normalized spacial score (nSPS) is 11.8. The van der Waals surface area contributed by atoms with Crippen molar-refractivity contribution in [3.8, 4) is 5.75 Å². The zero-order chi connectivity index (χ0) is 18.2. The Balaban J connectivity index is 2.25. The van der Waals surface area contributed by atoms with Gasteiger partial charge < -0.3 is 24.7 Å². The van der Waals surface area contributed by atoms with Crippen LogP contribution in [-0.2, 0) is 17.8 Å². The molecule has 0 saturated carbocycles. The maximum absolute atomic E-state index is 12.3. The summed E-state index contributed by atoms with van der Waals surface area (Å²) in [6.07, 6.45) is 0.712. The summed E-state index contributed by atoms with van der Waals surface area (Å²) in [5, 5.41) is 8.96. The molecule has 0 aliphatic heterocycles. The fourth-order valence-corrected chi connectivity index (χ4v) is 2.17. The molecular formula is C18H21NO6. The summed E-state index contributed by atoms with van der Waals surface area (Å²) in [5.74, 6) is -0.987. The summed E-state index contributed by atoms with van der Waals surface area (Å²) in [5.41, 5.74) is 6.01. The van der Waals surface area contributed by atoms with Crippen LogP contribution in [-0.4, -0.2) is 30.8 Å². The maximum Gasteiger partial charge on any atom is 0.378 e. The highest BCUT2D eigenvalue weighted by atomic mass is 16.5. The summed E-state index contributed by atoms with van der Waals surface area (Å²) in [7, 11) is 1.19. The minimum atomic E-state index is -0.798. The molecule has 25 heavy (non-hydrogen) atoms. The molecule has 7 nitrogen and oxygen atoms in total. The Hall–Kier alpha value is -2.64. The van der Waals surface area contributed by atoms with Crippen LogP contribution in [0.2, 0.25) is 0 Å². The fraction of sp³-hybridized carbons (Fsp3) is 0.333. The number of aryl methyl sites for hydroxylation is 1. The van der Waals surface area contributed by atoms with Gasteiger partial charge in [-0.1, -0.05) is 30.3 Å². The number of carbonyl (C=O) groups excluding carboxylic acids is 1. The predicted molar refractivity (Wildman–Crippen MR) is 90.5 cm³/mol. The molecule has 0 saturated heterocycles. The summed E-state index contributed by atoms with van der Waals surface area (Å²) in [4.78, 5) is 24.3. The SMILES string of the molecule is COC(=O)c1oc(CCC(N)CO)cc(=O)c1OCc1ccccc1. The second kappa shape index (κ2) is 9.00. The lowest BCUT2D eigenvalue weighted by molar-refractivity contribution is 0.0550. The van der Waals surface area contributed by atoms with E-state index < -0.39 is 17.4 Å². The molecule has 2 aromatic rings. The third-order valence-corrected chi connectivity index (χ3v) is 3.55. The van der Waals surface area contributed by atoms with Gasteiger partial charge in [0.1, 0.15) is 12.4 Å². The Bertz CT molecular complexity index is 756. The predicted octanol–water partition coefficient (Wildman–Crippen LogP) is 1.26. The first-order valence-corrected chi connectivity index (χ1v) is 7.83. The van der Waals surface area contributed by atoms with Gasteiger partial charge in [0.15, 0.2) is 0 Å². The molecule has 0 aliphatic rings. The van der Waals surface area contributed by atoms with Gasteiger partial charge in [-0.2, -0.15) is 0 Å². The van der Waals surface area contributed by atoms with Crippen LogP contribution in [0.15, 0.2) is 45.6 Å². The van der Waals surface area contributed by atoms with E-state index in [0.29, 0.717) is 12.8 Å². The van der Waals surface area contributed by atoms with Crippen molar-refractivity contribution in [1.82, 2.24) is 0 Å². The van der Waals surface area contributed by atoms with E-state index in [2.05, 4.69) is 4.74 Å². The largest absolute Gasteiger partial charge is 0.481 e. The number of hydrogen-bond acceptors (Lipinski definition) is 7. The zero-order valence-corrected chi connectivity index (χ0v) is 13.9. The number of rotatable bonds is 8. The molecule has 0 spiro atoms. The van der Waals surface area contributed by atoms with Gasteiger partial charge in [-0.25, -0.2) is 4.79 Å². The highest BCUT2D eigenvalue weighted by Crippen LogP contribution is 2.19. The van der Waals surface area contributed by atoms with Crippen molar-refractivity contribution in [2.24, 2.45) is 5.73 Å². The molecule has 7 heteroatoms. The average molecular weight is 347 g/mol. The van der Waals surface area contributed by atoms with E-state index in [4.69, 9.17) is 20.0 Å². The van der Waals surface area contributed by atoms with Crippen molar-refractivity contribution in [1.29, 1.82) is 0 Å². The maximum atomic E-state index is 12.3. The van der Waals surface area contributed by atoms with Crippen LogP contribution in [0.5, 0.6) is 5.75 Å². The molecule has 0 radical (unpaired) electrons. The number of carbonyl (C=O) groups is 1. The molecule has 2 rings (SSSR count). The Morgan fingerprint density at radius 3 is 2.68 bits per heavy atom. The van der Waals surface area contributed by atoms with Gasteiger partial charge in [0.05, 0.1) is 13.7 Å². The smallest absolute Gasteiger partial charge is 0.378 e. The van der Waals surface area contributed by atoms with Crippen LogP contribution in [0.3, 0.4) is 0 Å². The Morgan fingerprint density at radius 2 is 2.04 bits per heavy atom. The highest BCUT2D eigenvalue weighted by molar-refractivity contribution is 5.89. The van der Waals surface area contributed by atoms with E-state index in [9.17, 15) is 9.59 Å². The van der Waals surface area contributed by atoms with E-state index in [1.165, 1.54) is 13.2 Å². The van der Waals surface area contributed by atoms with E-state index in [1.807, 2.05) is 30.3 Å². The van der Waals surface area contributed by atoms with Crippen LogP contribution < -0.4 is 15.9 Å². The van der Waals surface area contributed by atoms with Gasteiger partial charge in [0.25, 0.3) is 5.76 Å². The van der Waals surface area contributed by atoms with Gasteiger partial charge in [-0.3, -0.25) is 4.79 Å². The van der Waals surface area contributed by atoms with E-state index in [1.54, 1.807) is 0 Å². The van der Waals surface area contributed by atoms with Crippen molar-refractivity contribution in [2.45, 2.75) is 25.5 Å². The number of benzene rings is 1. The quantitative estimate of drug-likeness (QED) is 0.691. The van der Waals surface area contributed by atoms with Crippen LogP contribution in [0.1, 0.15) is 28.3 Å². The van der Waals surface area contributed by atoms with Gasteiger partial charge in [-0.05, 0) is 12.0 Å². The first kappa shape index (κ1) is 18.7. The fourth-order valence-electron chi connectivity index (χ4n) is 2.17. The topological polar surface area (TPSA) is 112 Å². The Labute approximate surface area is 145 Å². The summed E-state index contributed by atoms with van der Waals surface area (Å²) in [6.45, 7) is -0.0588. The van der Waals surface area contributed by atoms with Crippen LogP contribution in [0, 0.1) is 0 Å². The number of methoxy groups -OCH3 is 1. The Kier molecular flexibility index (Phi) is 6.73. The lowest BCUT2D eigenvalue weighted by Crippen LogP contribution is -2.25. The van der Waals surface area contributed by atoms with Gasteiger partial charge in [0.2, 0.25) is 11.2 Å².